The molecule has 0 bridgehead atoms. The molecule has 1 atom stereocenters. The largest absolute Gasteiger partial charge is 0.300 e. The smallest absolute Gasteiger partial charge is 0.175 e. The molecule has 1 rings (SSSR count). The van der Waals surface area contributed by atoms with E-state index in [2.05, 4.69) is 25.8 Å². The van der Waals surface area contributed by atoms with E-state index in [1.807, 2.05) is 12.1 Å². The zero-order valence-corrected chi connectivity index (χ0v) is 11.8. The van der Waals surface area contributed by atoms with Crippen LogP contribution in [0.1, 0.15) is 31.9 Å². The average molecular weight is 255 g/mol. The summed E-state index contributed by atoms with van der Waals surface area (Å²) in [5, 5.41) is 0. The second kappa shape index (κ2) is 5.65. The molecule has 0 aliphatic rings. The van der Waals surface area contributed by atoms with Crippen molar-refractivity contribution in [2.75, 3.05) is 19.8 Å². The molecule has 1 unspecified atom stereocenters. The van der Waals surface area contributed by atoms with Crippen LogP contribution in [0.4, 0.5) is 0 Å². The van der Waals surface area contributed by atoms with E-state index in [0.29, 0.717) is 10.9 Å². The van der Waals surface area contributed by atoms with E-state index in [1.54, 1.807) is 12.1 Å². The summed E-state index contributed by atoms with van der Waals surface area (Å²) in [6.45, 7) is 5.32. The van der Waals surface area contributed by atoms with Crippen LogP contribution in [0.2, 0.25) is 0 Å². The summed E-state index contributed by atoms with van der Waals surface area (Å²) in [5.41, 5.74) is 1.15. The van der Waals surface area contributed by atoms with Crippen molar-refractivity contribution in [1.82, 2.24) is 4.90 Å². The Bertz CT molecular complexity index is 451. The van der Waals surface area contributed by atoms with E-state index in [1.165, 1.54) is 6.26 Å². The second-order valence-electron chi connectivity index (χ2n) is 4.50. The second-order valence-corrected chi connectivity index (χ2v) is 6.51. The molecule has 17 heavy (non-hydrogen) atoms. The third-order valence-electron chi connectivity index (χ3n) is 3.03. The molecule has 3 nitrogen and oxygen atoms in total. The van der Waals surface area contributed by atoms with Gasteiger partial charge in [-0.3, -0.25) is 4.90 Å². The van der Waals surface area contributed by atoms with Gasteiger partial charge >= 0.3 is 0 Å². The SMILES string of the molecule is CCCN(C)C(C)c1ccc(S(C)(=O)=O)cc1. The Morgan fingerprint density at radius 1 is 1.24 bits per heavy atom. The van der Waals surface area contributed by atoms with Crippen molar-refractivity contribution in [3.05, 3.63) is 29.8 Å². The van der Waals surface area contributed by atoms with Crippen molar-refractivity contribution in [2.45, 2.75) is 31.2 Å². The lowest BCUT2D eigenvalue weighted by Crippen LogP contribution is -2.23. The monoisotopic (exact) mass is 255 g/mol. The highest BCUT2D eigenvalue weighted by molar-refractivity contribution is 7.90. The van der Waals surface area contributed by atoms with Gasteiger partial charge in [-0.15, -0.1) is 0 Å². The minimum absolute atomic E-state index is 0.309. The first-order valence-electron chi connectivity index (χ1n) is 5.86. The third kappa shape index (κ3) is 3.82. The molecule has 0 aliphatic carbocycles. The quantitative estimate of drug-likeness (QED) is 0.811. The predicted octanol–water partition coefficient (Wildman–Crippen LogP) is 2.49. The first-order chi connectivity index (χ1) is 7.86. The van der Waals surface area contributed by atoms with Crippen LogP contribution in [-0.4, -0.2) is 33.2 Å². The van der Waals surface area contributed by atoms with E-state index >= 15 is 0 Å². The zero-order valence-electron chi connectivity index (χ0n) is 11.0. The highest BCUT2D eigenvalue weighted by Gasteiger charge is 2.12. The molecule has 0 radical (unpaired) electrons. The number of benzene rings is 1. The van der Waals surface area contributed by atoms with Crippen molar-refractivity contribution in [2.24, 2.45) is 0 Å². The normalized spacial score (nSPS) is 13.9. The fourth-order valence-electron chi connectivity index (χ4n) is 1.79. The molecule has 0 spiro atoms. The molecule has 4 heteroatoms. The Morgan fingerprint density at radius 2 is 1.76 bits per heavy atom. The van der Waals surface area contributed by atoms with Crippen molar-refractivity contribution < 1.29 is 8.42 Å². The summed E-state index contributed by atoms with van der Waals surface area (Å²) < 4.78 is 22.7. The number of hydrogen-bond acceptors (Lipinski definition) is 3. The molecule has 1 aromatic carbocycles. The summed E-state index contributed by atoms with van der Waals surface area (Å²) in [5.74, 6) is 0. The van der Waals surface area contributed by atoms with Crippen molar-refractivity contribution in [3.63, 3.8) is 0 Å². The van der Waals surface area contributed by atoms with E-state index in [-0.39, 0.29) is 0 Å². The molecule has 0 fully saturated rings. The first kappa shape index (κ1) is 14.2. The van der Waals surface area contributed by atoms with Crippen LogP contribution < -0.4 is 0 Å². The lowest BCUT2D eigenvalue weighted by molar-refractivity contribution is 0.262. The Kier molecular flexibility index (Phi) is 4.71. The Hall–Kier alpha value is -0.870. The van der Waals surface area contributed by atoms with Crippen LogP contribution in [0.5, 0.6) is 0 Å². The van der Waals surface area contributed by atoms with Gasteiger partial charge in [0, 0.05) is 12.3 Å². The highest BCUT2D eigenvalue weighted by atomic mass is 32.2. The topological polar surface area (TPSA) is 37.4 Å². The molecule has 0 heterocycles. The van der Waals surface area contributed by atoms with Gasteiger partial charge in [0.15, 0.2) is 9.84 Å². The van der Waals surface area contributed by atoms with Gasteiger partial charge in [-0.1, -0.05) is 19.1 Å². The van der Waals surface area contributed by atoms with Gasteiger partial charge < -0.3 is 0 Å². The van der Waals surface area contributed by atoms with Gasteiger partial charge in [0.2, 0.25) is 0 Å². The average Bonchev–Trinajstić information content (AvgIpc) is 2.27. The lowest BCUT2D eigenvalue weighted by Gasteiger charge is -2.24. The van der Waals surface area contributed by atoms with E-state index < -0.39 is 9.84 Å². The van der Waals surface area contributed by atoms with E-state index in [4.69, 9.17) is 0 Å². The summed E-state index contributed by atoms with van der Waals surface area (Å²) >= 11 is 0. The number of hydrogen-bond donors (Lipinski definition) is 0. The molecular weight excluding hydrogens is 234 g/mol. The summed E-state index contributed by atoms with van der Waals surface area (Å²) in [7, 11) is -1.01. The van der Waals surface area contributed by atoms with Crippen molar-refractivity contribution in [3.8, 4) is 0 Å². The lowest BCUT2D eigenvalue weighted by atomic mass is 10.1. The first-order valence-corrected chi connectivity index (χ1v) is 7.75. The van der Waals surface area contributed by atoms with Crippen LogP contribution in [0.25, 0.3) is 0 Å². The van der Waals surface area contributed by atoms with Gasteiger partial charge in [-0.2, -0.15) is 0 Å². The third-order valence-corrected chi connectivity index (χ3v) is 4.16. The number of nitrogens with zero attached hydrogens (tertiary/aromatic N) is 1. The standard InChI is InChI=1S/C13H21NO2S/c1-5-10-14(3)11(2)12-6-8-13(9-7-12)17(4,15)16/h6-9,11H,5,10H2,1-4H3. The van der Waals surface area contributed by atoms with Crippen LogP contribution in [0.3, 0.4) is 0 Å². The number of sulfone groups is 1. The molecule has 0 aromatic heterocycles. The Morgan fingerprint density at radius 3 is 2.18 bits per heavy atom. The van der Waals surface area contributed by atoms with Crippen LogP contribution in [0.15, 0.2) is 29.2 Å². The molecule has 0 N–H and O–H groups in total. The van der Waals surface area contributed by atoms with Crippen LogP contribution in [-0.2, 0) is 9.84 Å². The summed E-state index contributed by atoms with van der Waals surface area (Å²) in [6.07, 6.45) is 2.34. The number of rotatable bonds is 5. The highest BCUT2D eigenvalue weighted by Crippen LogP contribution is 2.20. The van der Waals surface area contributed by atoms with Gasteiger partial charge in [-0.25, -0.2) is 8.42 Å². The van der Waals surface area contributed by atoms with Crippen LogP contribution in [0, 0.1) is 0 Å². The van der Waals surface area contributed by atoms with Gasteiger partial charge in [0.05, 0.1) is 4.90 Å². The maximum atomic E-state index is 11.3. The van der Waals surface area contributed by atoms with Crippen LogP contribution >= 0.6 is 0 Å². The minimum atomic E-state index is -3.09. The fraction of sp³-hybridized carbons (Fsp3) is 0.538. The fourth-order valence-corrected chi connectivity index (χ4v) is 2.42. The Balaban J connectivity index is 2.88. The van der Waals surface area contributed by atoms with Crippen molar-refractivity contribution >= 4 is 9.84 Å². The predicted molar refractivity (Wildman–Crippen MR) is 70.9 cm³/mol. The summed E-state index contributed by atoms with van der Waals surface area (Å²) in [6, 6.07) is 7.46. The Labute approximate surface area is 104 Å². The molecular formula is C13H21NO2S. The maximum Gasteiger partial charge on any atom is 0.175 e. The van der Waals surface area contributed by atoms with E-state index in [0.717, 1.165) is 18.5 Å². The van der Waals surface area contributed by atoms with Gasteiger partial charge in [-0.05, 0) is 44.6 Å². The molecule has 0 saturated heterocycles. The van der Waals surface area contributed by atoms with Gasteiger partial charge in [0.25, 0.3) is 0 Å². The molecule has 0 aliphatic heterocycles. The minimum Gasteiger partial charge on any atom is -0.300 e. The molecule has 0 amide bonds. The zero-order chi connectivity index (χ0) is 13.1. The molecule has 0 saturated carbocycles. The van der Waals surface area contributed by atoms with Gasteiger partial charge in [0.1, 0.15) is 0 Å². The maximum absolute atomic E-state index is 11.3. The van der Waals surface area contributed by atoms with E-state index in [9.17, 15) is 8.42 Å². The van der Waals surface area contributed by atoms with Crippen molar-refractivity contribution in [1.29, 1.82) is 0 Å². The molecule has 96 valence electrons. The molecule has 1 aromatic rings. The summed E-state index contributed by atoms with van der Waals surface area (Å²) in [4.78, 5) is 2.64.